The van der Waals surface area contributed by atoms with E-state index in [1.807, 2.05) is 77.1 Å². The van der Waals surface area contributed by atoms with Crippen molar-refractivity contribution in [1.82, 2.24) is 14.9 Å². The van der Waals surface area contributed by atoms with Crippen LogP contribution in [0.15, 0.2) is 58.5 Å². The van der Waals surface area contributed by atoms with E-state index in [0.29, 0.717) is 22.6 Å². The molecule has 0 saturated carbocycles. The molecule has 0 aliphatic carbocycles. The van der Waals surface area contributed by atoms with Crippen LogP contribution in [0.5, 0.6) is 0 Å². The number of benzene rings is 2. The van der Waals surface area contributed by atoms with Crippen LogP contribution in [0.3, 0.4) is 0 Å². The lowest BCUT2D eigenvalue weighted by Crippen LogP contribution is -2.44. The third-order valence-electron chi connectivity index (χ3n) is 4.44. The number of hydrogen-bond donors (Lipinski definition) is 1. The Labute approximate surface area is 175 Å². The standard InChI is InChI=1S/C23H27N3O2S/c1-15-10-12-17(13-11-15)14-26-21(28)18-8-6-7-9-19(18)24-22(26)29-16(2)20(27)25-23(3,4)5/h6-13,16H,14H2,1-5H3,(H,25,27)/t16-/m1/s1. The van der Waals surface area contributed by atoms with Crippen LogP contribution in [-0.4, -0.2) is 26.2 Å². The molecule has 3 rings (SSSR count). The van der Waals surface area contributed by atoms with E-state index in [2.05, 4.69) is 5.32 Å². The topological polar surface area (TPSA) is 64.0 Å². The Morgan fingerprint density at radius 3 is 2.45 bits per heavy atom. The highest BCUT2D eigenvalue weighted by atomic mass is 32.2. The average Bonchev–Trinajstić information content (AvgIpc) is 2.65. The first kappa shape index (κ1) is 21.1. The predicted octanol–water partition coefficient (Wildman–Crippen LogP) is 4.15. The van der Waals surface area contributed by atoms with Gasteiger partial charge in [0.15, 0.2) is 5.16 Å². The molecule has 0 radical (unpaired) electrons. The van der Waals surface area contributed by atoms with E-state index in [1.165, 1.54) is 17.3 Å². The Morgan fingerprint density at radius 1 is 1.14 bits per heavy atom. The van der Waals surface area contributed by atoms with Gasteiger partial charge in [0, 0.05) is 5.54 Å². The van der Waals surface area contributed by atoms with Gasteiger partial charge in [-0.05, 0) is 52.3 Å². The van der Waals surface area contributed by atoms with E-state index in [9.17, 15) is 9.59 Å². The number of thioether (sulfide) groups is 1. The van der Waals surface area contributed by atoms with Crippen molar-refractivity contribution >= 4 is 28.6 Å². The number of carbonyl (C=O) groups is 1. The van der Waals surface area contributed by atoms with Crippen molar-refractivity contribution < 1.29 is 4.79 Å². The third kappa shape index (κ3) is 5.26. The fourth-order valence-electron chi connectivity index (χ4n) is 2.94. The Kier molecular flexibility index (Phi) is 6.13. The van der Waals surface area contributed by atoms with E-state index in [-0.39, 0.29) is 22.3 Å². The smallest absolute Gasteiger partial charge is 0.262 e. The second-order valence-electron chi connectivity index (χ2n) is 8.29. The largest absolute Gasteiger partial charge is 0.351 e. The molecule has 5 nitrogen and oxygen atoms in total. The number of para-hydroxylation sites is 1. The molecular weight excluding hydrogens is 382 g/mol. The molecular formula is C23H27N3O2S. The summed E-state index contributed by atoms with van der Waals surface area (Å²) < 4.78 is 1.67. The highest BCUT2D eigenvalue weighted by Gasteiger charge is 2.23. The number of hydrogen-bond acceptors (Lipinski definition) is 4. The van der Waals surface area contributed by atoms with Crippen molar-refractivity contribution in [2.45, 2.75) is 57.1 Å². The van der Waals surface area contributed by atoms with Crippen LogP contribution in [0.2, 0.25) is 0 Å². The Hall–Kier alpha value is -2.60. The first-order chi connectivity index (χ1) is 13.6. The Bertz CT molecular complexity index is 1080. The second kappa shape index (κ2) is 8.41. The molecule has 0 fully saturated rings. The van der Waals surface area contributed by atoms with Crippen LogP contribution in [0.4, 0.5) is 0 Å². The molecule has 0 aliphatic rings. The number of nitrogens with one attached hydrogen (secondary N) is 1. The van der Waals surface area contributed by atoms with Gasteiger partial charge >= 0.3 is 0 Å². The van der Waals surface area contributed by atoms with E-state index < -0.39 is 0 Å². The van der Waals surface area contributed by atoms with Gasteiger partial charge in [-0.25, -0.2) is 4.98 Å². The van der Waals surface area contributed by atoms with Crippen molar-refractivity contribution in [1.29, 1.82) is 0 Å². The molecule has 0 aliphatic heterocycles. The zero-order valence-electron chi connectivity index (χ0n) is 17.5. The lowest BCUT2D eigenvalue weighted by atomic mass is 10.1. The number of amides is 1. The summed E-state index contributed by atoms with van der Waals surface area (Å²) in [6, 6.07) is 15.4. The SMILES string of the molecule is Cc1ccc(Cn2c(S[C@H](C)C(=O)NC(C)(C)C)nc3ccccc3c2=O)cc1. The van der Waals surface area contributed by atoms with Crippen LogP contribution in [0, 0.1) is 6.92 Å². The number of aromatic nitrogens is 2. The van der Waals surface area contributed by atoms with Gasteiger partial charge in [0.2, 0.25) is 5.91 Å². The summed E-state index contributed by atoms with van der Waals surface area (Å²) in [5.74, 6) is -0.0770. The van der Waals surface area contributed by atoms with Crippen LogP contribution in [0.1, 0.15) is 38.8 Å². The van der Waals surface area contributed by atoms with Crippen molar-refractivity contribution in [3.63, 3.8) is 0 Å². The van der Waals surface area contributed by atoms with Crippen molar-refractivity contribution in [3.8, 4) is 0 Å². The maximum absolute atomic E-state index is 13.2. The van der Waals surface area contributed by atoms with Crippen molar-refractivity contribution in [2.75, 3.05) is 0 Å². The second-order valence-corrected chi connectivity index (χ2v) is 9.60. The van der Waals surface area contributed by atoms with Gasteiger partial charge in [-0.15, -0.1) is 0 Å². The zero-order chi connectivity index (χ0) is 21.2. The molecule has 152 valence electrons. The van der Waals surface area contributed by atoms with E-state index in [0.717, 1.165) is 5.56 Å². The molecule has 6 heteroatoms. The molecule has 2 aromatic carbocycles. The molecule has 3 aromatic rings. The van der Waals surface area contributed by atoms with Crippen LogP contribution >= 0.6 is 11.8 Å². The molecule has 0 bridgehead atoms. The summed E-state index contributed by atoms with van der Waals surface area (Å²) in [4.78, 5) is 30.5. The van der Waals surface area contributed by atoms with Crippen molar-refractivity contribution in [2.24, 2.45) is 0 Å². The lowest BCUT2D eigenvalue weighted by molar-refractivity contribution is -0.121. The van der Waals surface area contributed by atoms with Gasteiger partial charge in [-0.2, -0.15) is 0 Å². The zero-order valence-corrected chi connectivity index (χ0v) is 18.3. The number of rotatable bonds is 5. The third-order valence-corrected chi connectivity index (χ3v) is 5.53. The summed E-state index contributed by atoms with van der Waals surface area (Å²) >= 11 is 1.31. The van der Waals surface area contributed by atoms with Crippen LogP contribution < -0.4 is 10.9 Å². The quantitative estimate of drug-likeness (QED) is 0.508. The lowest BCUT2D eigenvalue weighted by Gasteiger charge is -2.23. The average molecular weight is 410 g/mol. The molecule has 1 amide bonds. The monoisotopic (exact) mass is 409 g/mol. The van der Waals surface area contributed by atoms with E-state index in [4.69, 9.17) is 4.98 Å². The van der Waals surface area contributed by atoms with E-state index in [1.54, 1.807) is 10.6 Å². The Balaban J connectivity index is 2.01. The maximum Gasteiger partial charge on any atom is 0.262 e. The molecule has 1 N–H and O–H groups in total. The molecule has 0 saturated heterocycles. The molecule has 0 unspecified atom stereocenters. The maximum atomic E-state index is 13.2. The van der Waals surface area contributed by atoms with E-state index >= 15 is 0 Å². The number of aryl methyl sites for hydroxylation is 1. The fraction of sp³-hybridized carbons (Fsp3) is 0.348. The number of nitrogens with zero attached hydrogens (tertiary/aromatic N) is 2. The fourth-order valence-corrected chi connectivity index (χ4v) is 3.84. The summed E-state index contributed by atoms with van der Waals surface area (Å²) in [6.45, 7) is 10.1. The summed E-state index contributed by atoms with van der Waals surface area (Å²) in [5, 5.41) is 3.74. The molecule has 29 heavy (non-hydrogen) atoms. The van der Waals surface area contributed by atoms with Crippen LogP contribution in [-0.2, 0) is 11.3 Å². The molecule has 1 atom stereocenters. The Morgan fingerprint density at radius 2 is 1.79 bits per heavy atom. The molecule has 1 aromatic heterocycles. The molecule has 1 heterocycles. The number of carbonyl (C=O) groups excluding carboxylic acids is 1. The van der Waals surface area contributed by atoms with Gasteiger partial charge in [0.1, 0.15) is 0 Å². The summed E-state index contributed by atoms with van der Waals surface area (Å²) in [6.07, 6.45) is 0. The highest BCUT2D eigenvalue weighted by molar-refractivity contribution is 8.00. The normalized spacial score (nSPS) is 12.7. The molecule has 0 spiro atoms. The first-order valence-electron chi connectivity index (χ1n) is 9.68. The van der Waals surface area contributed by atoms with Gasteiger partial charge in [-0.3, -0.25) is 14.2 Å². The first-order valence-corrected chi connectivity index (χ1v) is 10.6. The summed E-state index contributed by atoms with van der Waals surface area (Å²) in [5.41, 5.74) is 2.42. The minimum absolute atomic E-state index is 0.0770. The van der Waals surface area contributed by atoms with Gasteiger partial charge in [-0.1, -0.05) is 53.7 Å². The number of fused-ring (bicyclic) bond motifs is 1. The minimum Gasteiger partial charge on any atom is -0.351 e. The van der Waals surface area contributed by atoms with Gasteiger partial charge in [0.25, 0.3) is 5.56 Å². The van der Waals surface area contributed by atoms with Gasteiger partial charge in [0.05, 0.1) is 22.7 Å². The minimum atomic E-state index is -0.383. The summed E-state index contributed by atoms with van der Waals surface area (Å²) in [7, 11) is 0. The van der Waals surface area contributed by atoms with Crippen LogP contribution in [0.25, 0.3) is 10.9 Å². The van der Waals surface area contributed by atoms with Crippen molar-refractivity contribution in [3.05, 3.63) is 70.0 Å². The van der Waals surface area contributed by atoms with Gasteiger partial charge < -0.3 is 5.32 Å². The predicted molar refractivity (Wildman–Crippen MR) is 119 cm³/mol. The highest BCUT2D eigenvalue weighted by Crippen LogP contribution is 2.24.